The van der Waals surface area contributed by atoms with E-state index in [4.69, 9.17) is 14.5 Å². The topological polar surface area (TPSA) is 72.2 Å². The molecule has 1 atom stereocenters. The molecule has 0 radical (unpaired) electrons. The Morgan fingerprint density at radius 2 is 2.37 bits per heavy atom. The molecule has 27 heavy (non-hydrogen) atoms. The van der Waals surface area contributed by atoms with Gasteiger partial charge in [0.15, 0.2) is 5.96 Å². The second-order valence-corrected chi connectivity index (χ2v) is 6.80. The monoisotopic (exact) mass is 373 g/mol. The molecular weight excluding hydrogens is 342 g/mol. The first-order chi connectivity index (χ1) is 13.3. The average Bonchev–Trinajstić information content (AvgIpc) is 3.31. The van der Waals surface area contributed by atoms with Gasteiger partial charge in [-0.1, -0.05) is 6.07 Å². The molecule has 1 aliphatic heterocycles. The van der Waals surface area contributed by atoms with Gasteiger partial charge in [-0.2, -0.15) is 0 Å². The summed E-state index contributed by atoms with van der Waals surface area (Å²) < 4.78 is 13.2. The van der Waals surface area contributed by atoms with E-state index in [9.17, 15) is 0 Å². The van der Waals surface area contributed by atoms with Crippen molar-refractivity contribution < 1.29 is 9.47 Å². The van der Waals surface area contributed by atoms with Gasteiger partial charge in [0.25, 0.3) is 0 Å². The number of hydrogen-bond donors (Lipinski definition) is 2. The van der Waals surface area contributed by atoms with Gasteiger partial charge in [-0.05, 0) is 38.3 Å². The zero-order valence-corrected chi connectivity index (χ0v) is 16.4. The summed E-state index contributed by atoms with van der Waals surface area (Å²) in [4.78, 5) is 9.34. The fourth-order valence-corrected chi connectivity index (χ4v) is 3.13. The molecule has 0 amide bonds. The van der Waals surface area contributed by atoms with E-state index in [1.165, 1.54) is 5.56 Å². The van der Waals surface area contributed by atoms with E-state index in [1.807, 2.05) is 12.3 Å². The van der Waals surface area contributed by atoms with Crippen LogP contribution in [0.25, 0.3) is 5.65 Å². The lowest BCUT2D eigenvalue weighted by atomic mass is 10.3. The Kier molecular flexibility index (Phi) is 7.47. The van der Waals surface area contributed by atoms with E-state index >= 15 is 0 Å². The molecule has 0 aromatic carbocycles. The smallest absolute Gasteiger partial charge is 0.191 e. The molecule has 0 saturated carbocycles. The number of aryl methyl sites for hydroxylation is 1. The molecule has 7 heteroatoms. The van der Waals surface area contributed by atoms with Crippen LogP contribution >= 0.6 is 0 Å². The van der Waals surface area contributed by atoms with Crippen LogP contribution in [0.5, 0.6) is 0 Å². The maximum absolute atomic E-state index is 5.78. The third-order valence-electron chi connectivity index (χ3n) is 4.56. The van der Waals surface area contributed by atoms with Gasteiger partial charge in [-0.15, -0.1) is 0 Å². The maximum atomic E-state index is 5.78. The van der Waals surface area contributed by atoms with Gasteiger partial charge in [0.05, 0.1) is 18.4 Å². The number of nitrogens with one attached hydrogen (secondary N) is 2. The standard InChI is InChI=1S/C20H31N5O2/c1-3-21-20(22-9-5-12-27-18-8-13-26-15-18)23-10-7-17-14-25-11-4-6-16(2)19(25)24-17/h4,6,11,14,18H,3,5,7-10,12-13,15H2,1-2H3,(H2,21,22,23). The number of fused-ring (bicyclic) bond motifs is 1. The number of guanidine groups is 1. The van der Waals surface area contributed by atoms with Crippen LogP contribution < -0.4 is 10.6 Å². The Labute approximate surface area is 161 Å². The van der Waals surface area contributed by atoms with Crippen LogP contribution in [0.3, 0.4) is 0 Å². The third kappa shape index (κ3) is 5.94. The Morgan fingerprint density at radius 3 is 3.15 bits per heavy atom. The number of imidazole rings is 1. The number of nitrogens with zero attached hydrogens (tertiary/aromatic N) is 3. The van der Waals surface area contributed by atoms with Crippen molar-refractivity contribution in [3.05, 3.63) is 35.8 Å². The zero-order chi connectivity index (χ0) is 18.9. The second kappa shape index (κ2) is 10.3. The summed E-state index contributed by atoms with van der Waals surface area (Å²) in [7, 11) is 0. The molecule has 2 N–H and O–H groups in total. The van der Waals surface area contributed by atoms with Crippen molar-refractivity contribution in [1.82, 2.24) is 20.0 Å². The van der Waals surface area contributed by atoms with E-state index in [2.05, 4.69) is 46.1 Å². The van der Waals surface area contributed by atoms with E-state index < -0.39 is 0 Å². The van der Waals surface area contributed by atoms with Gasteiger partial charge < -0.3 is 24.5 Å². The van der Waals surface area contributed by atoms with E-state index in [0.29, 0.717) is 0 Å². The van der Waals surface area contributed by atoms with Gasteiger partial charge >= 0.3 is 0 Å². The molecule has 7 nitrogen and oxygen atoms in total. The van der Waals surface area contributed by atoms with Gasteiger partial charge in [0.2, 0.25) is 0 Å². The lowest BCUT2D eigenvalue weighted by Crippen LogP contribution is -2.38. The van der Waals surface area contributed by atoms with E-state index in [-0.39, 0.29) is 6.10 Å². The van der Waals surface area contributed by atoms with Crippen LogP contribution in [-0.2, 0) is 15.9 Å². The summed E-state index contributed by atoms with van der Waals surface area (Å²) in [6.07, 6.45) is 7.19. The molecule has 148 valence electrons. The highest BCUT2D eigenvalue weighted by molar-refractivity contribution is 5.79. The Bertz CT molecular complexity index is 737. The van der Waals surface area contributed by atoms with Crippen molar-refractivity contribution in [3.63, 3.8) is 0 Å². The lowest BCUT2D eigenvalue weighted by molar-refractivity contribution is 0.0424. The maximum Gasteiger partial charge on any atom is 0.191 e. The Balaban J connectivity index is 1.40. The van der Waals surface area contributed by atoms with Crippen molar-refractivity contribution in [2.45, 2.75) is 39.2 Å². The fraction of sp³-hybridized carbons (Fsp3) is 0.600. The highest BCUT2D eigenvalue weighted by Crippen LogP contribution is 2.10. The molecule has 0 spiro atoms. The van der Waals surface area contributed by atoms with Crippen molar-refractivity contribution >= 4 is 11.6 Å². The minimum Gasteiger partial charge on any atom is -0.379 e. The van der Waals surface area contributed by atoms with Crippen LogP contribution in [0, 0.1) is 6.92 Å². The van der Waals surface area contributed by atoms with Gasteiger partial charge in [0, 0.05) is 51.7 Å². The first-order valence-corrected chi connectivity index (χ1v) is 9.91. The van der Waals surface area contributed by atoms with E-state index in [0.717, 1.165) is 76.0 Å². The number of aromatic nitrogens is 2. The molecule has 3 rings (SSSR count). The number of aliphatic imine (C=N–C) groups is 1. The van der Waals surface area contributed by atoms with Crippen LogP contribution in [-0.4, -0.2) is 60.9 Å². The van der Waals surface area contributed by atoms with Crippen molar-refractivity contribution in [2.24, 2.45) is 4.99 Å². The average molecular weight is 374 g/mol. The summed E-state index contributed by atoms with van der Waals surface area (Å²) in [5.41, 5.74) is 3.30. The largest absolute Gasteiger partial charge is 0.379 e. The summed E-state index contributed by atoms with van der Waals surface area (Å²) in [5.74, 6) is 0.849. The first kappa shape index (κ1) is 19.6. The Morgan fingerprint density at radius 1 is 1.44 bits per heavy atom. The summed E-state index contributed by atoms with van der Waals surface area (Å²) >= 11 is 0. The molecule has 1 unspecified atom stereocenters. The van der Waals surface area contributed by atoms with Crippen molar-refractivity contribution in [2.75, 3.05) is 39.5 Å². The van der Waals surface area contributed by atoms with Gasteiger partial charge in [0.1, 0.15) is 5.65 Å². The highest BCUT2D eigenvalue weighted by Gasteiger charge is 2.15. The molecule has 1 aliphatic rings. The summed E-state index contributed by atoms with van der Waals surface area (Å²) in [5, 5.41) is 6.68. The molecular formula is C20H31N5O2. The second-order valence-electron chi connectivity index (χ2n) is 6.80. The minimum atomic E-state index is 0.273. The fourth-order valence-electron chi connectivity index (χ4n) is 3.13. The predicted molar refractivity (Wildman–Crippen MR) is 107 cm³/mol. The lowest BCUT2D eigenvalue weighted by Gasteiger charge is -2.11. The van der Waals surface area contributed by atoms with Gasteiger partial charge in [-0.25, -0.2) is 4.98 Å². The van der Waals surface area contributed by atoms with Crippen LogP contribution in [0.4, 0.5) is 0 Å². The molecule has 3 heterocycles. The molecule has 1 saturated heterocycles. The SMILES string of the molecule is CCNC(=NCCCOC1CCOC1)NCCc1cn2cccc(C)c2n1. The quantitative estimate of drug-likeness (QED) is 0.399. The number of rotatable bonds is 9. The van der Waals surface area contributed by atoms with Gasteiger partial charge in [-0.3, -0.25) is 4.99 Å². The number of ether oxygens (including phenoxy) is 2. The predicted octanol–water partition coefficient (Wildman–Crippen LogP) is 1.94. The van der Waals surface area contributed by atoms with Crippen LogP contribution in [0.2, 0.25) is 0 Å². The summed E-state index contributed by atoms with van der Waals surface area (Å²) in [6.45, 7) is 8.84. The number of pyridine rings is 1. The normalized spacial score (nSPS) is 17.6. The summed E-state index contributed by atoms with van der Waals surface area (Å²) in [6, 6.07) is 4.13. The minimum absolute atomic E-state index is 0.273. The first-order valence-electron chi connectivity index (χ1n) is 9.91. The molecule has 0 aliphatic carbocycles. The van der Waals surface area contributed by atoms with Crippen molar-refractivity contribution in [3.8, 4) is 0 Å². The number of hydrogen-bond acceptors (Lipinski definition) is 4. The van der Waals surface area contributed by atoms with Crippen LogP contribution in [0.15, 0.2) is 29.5 Å². The molecule has 2 aromatic rings. The van der Waals surface area contributed by atoms with Crippen molar-refractivity contribution in [1.29, 1.82) is 0 Å². The molecule has 2 aromatic heterocycles. The molecule has 1 fully saturated rings. The highest BCUT2D eigenvalue weighted by atomic mass is 16.5. The van der Waals surface area contributed by atoms with E-state index in [1.54, 1.807) is 0 Å². The third-order valence-corrected chi connectivity index (χ3v) is 4.56. The Hall–Kier alpha value is -2.12. The van der Waals surface area contributed by atoms with Crippen LogP contribution in [0.1, 0.15) is 31.0 Å². The molecule has 0 bridgehead atoms. The zero-order valence-electron chi connectivity index (χ0n) is 16.4.